The van der Waals surface area contributed by atoms with Crippen molar-refractivity contribution in [3.05, 3.63) is 12.2 Å². The molecule has 3 N–H and O–H groups in total. The molecule has 4 saturated carbocycles. The molecule has 1 saturated heterocycles. The Bertz CT molecular complexity index is 1490. The quantitative estimate of drug-likeness (QED) is 0.0442. The number of hydrogen-bond acceptors (Lipinski definition) is 15. The predicted octanol–water partition coefficient (Wildman–Crippen LogP) is -5.01. The van der Waals surface area contributed by atoms with Crippen LogP contribution in [-0.4, -0.2) is 103 Å². The molecule has 20 heteroatoms. The average molecular weight is 803 g/mol. The maximum atomic E-state index is 12.9. The van der Waals surface area contributed by atoms with Gasteiger partial charge in [-0.15, -0.1) is 0 Å². The number of hydrogen-bond donors (Lipinski definition) is 3. The number of esters is 1. The van der Waals surface area contributed by atoms with Crippen LogP contribution in [-0.2, 0) is 53.0 Å². The van der Waals surface area contributed by atoms with Gasteiger partial charge < -0.3 is 38.6 Å². The number of aliphatic hydroxyl groups excluding tert-OH is 2. The summed E-state index contributed by atoms with van der Waals surface area (Å²) in [4.78, 5) is 25.6. The Morgan fingerprint density at radius 3 is 2.20 bits per heavy atom. The number of aliphatic carboxylic acids is 1. The Kier molecular flexibility index (Phi) is 15.9. The first kappa shape index (κ1) is 45.9. The van der Waals surface area contributed by atoms with Crippen LogP contribution in [0, 0.1) is 40.4 Å². The Hall–Kier alpha value is 1.53. The van der Waals surface area contributed by atoms with Gasteiger partial charge in [0.05, 0.1) is 24.7 Å². The molecule has 13 atom stereocenters. The van der Waals surface area contributed by atoms with Crippen LogP contribution >= 0.6 is 0 Å². The molecule has 0 amide bonds. The van der Waals surface area contributed by atoms with Gasteiger partial charge in [-0.05, 0) is 79.6 Å². The van der Waals surface area contributed by atoms with Crippen molar-refractivity contribution in [1.29, 1.82) is 0 Å². The maximum absolute atomic E-state index is 12.9. The monoisotopic (exact) mass is 802 g/mol. The normalized spacial score (nSPS) is 41.3. The van der Waals surface area contributed by atoms with Crippen LogP contribution in [0.25, 0.3) is 0 Å². The van der Waals surface area contributed by atoms with Gasteiger partial charge >= 0.3 is 115 Å². The van der Waals surface area contributed by atoms with Gasteiger partial charge in [-0.2, -0.15) is 0 Å². The number of ether oxygens (including phenoxy) is 3. The van der Waals surface area contributed by atoms with E-state index in [1.165, 1.54) is 0 Å². The van der Waals surface area contributed by atoms with Crippen molar-refractivity contribution < 1.29 is 176 Å². The summed E-state index contributed by atoms with van der Waals surface area (Å²) in [6, 6.07) is 0. The van der Waals surface area contributed by atoms with Gasteiger partial charge in [-0.1, -0.05) is 27.4 Å². The number of carboxylic acids is 1. The van der Waals surface area contributed by atoms with E-state index in [1.807, 2.05) is 6.92 Å². The molecule has 2 bridgehead atoms. The van der Waals surface area contributed by atoms with Crippen molar-refractivity contribution in [2.24, 2.45) is 40.4 Å². The number of fused-ring (bicyclic) bond motifs is 3. The molecular weight excluding hydrogens is 759 g/mol. The van der Waals surface area contributed by atoms with Crippen LogP contribution in [0.4, 0.5) is 0 Å². The molecule has 0 aromatic carbocycles. The molecule has 5 aliphatic rings. The van der Waals surface area contributed by atoms with Gasteiger partial charge in [0.25, 0.3) is 0 Å². The Balaban J connectivity index is 0.00000338. The molecule has 0 unspecified atom stereocenters. The third kappa shape index (κ3) is 9.55. The van der Waals surface area contributed by atoms with E-state index in [4.69, 9.17) is 14.2 Å². The second kappa shape index (κ2) is 17.4. The van der Waals surface area contributed by atoms with E-state index >= 15 is 0 Å². The minimum absolute atomic E-state index is 0. The summed E-state index contributed by atoms with van der Waals surface area (Å²) in [5, 5.41) is 31.9. The van der Waals surface area contributed by atoms with Crippen molar-refractivity contribution in [1.82, 2.24) is 0 Å². The van der Waals surface area contributed by atoms with Gasteiger partial charge in [-0.25, -0.2) is 16.8 Å². The third-order valence-corrected chi connectivity index (χ3v) is 12.4. The summed E-state index contributed by atoms with van der Waals surface area (Å²) in [6.07, 6.45) is -8.49. The number of carbonyl (C=O) groups is 2. The zero-order chi connectivity index (χ0) is 35.6. The van der Waals surface area contributed by atoms with Crippen LogP contribution in [0.1, 0.15) is 72.1 Å². The fourth-order valence-corrected chi connectivity index (χ4v) is 10.8. The molecule has 5 rings (SSSR count). The third-order valence-electron chi connectivity index (χ3n) is 11.5. The molecule has 274 valence electrons. The Labute approximate surface area is 377 Å². The van der Waals surface area contributed by atoms with Crippen molar-refractivity contribution in [3.8, 4) is 0 Å². The summed E-state index contributed by atoms with van der Waals surface area (Å²) in [5.41, 5.74) is -0.359. The first-order valence-corrected chi connectivity index (χ1v) is 18.8. The largest absolute Gasteiger partial charge is 1.00 e. The van der Waals surface area contributed by atoms with Crippen molar-refractivity contribution in [3.63, 3.8) is 0 Å². The second-order valence-corrected chi connectivity index (χ2v) is 16.8. The zero-order valence-electron chi connectivity index (χ0n) is 29.0. The molecule has 1 heterocycles. The van der Waals surface area contributed by atoms with Gasteiger partial charge in [-0.3, -0.25) is 18.0 Å². The predicted molar refractivity (Wildman–Crippen MR) is 159 cm³/mol. The molecule has 50 heavy (non-hydrogen) atoms. The number of aliphatic hydroxyl groups is 2. The number of carbonyl (C=O) groups excluding carboxylic acids is 1. The van der Waals surface area contributed by atoms with Crippen molar-refractivity contribution in [2.75, 3.05) is 6.61 Å². The minimum Gasteiger partial charge on any atom is -0.726 e. The van der Waals surface area contributed by atoms with Crippen LogP contribution in [0.15, 0.2) is 12.2 Å². The van der Waals surface area contributed by atoms with Gasteiger partial charge in [0.2, 0.25) is 20.8 Å². The Morgan fingerprint density at radius 2 is 1.64 bits per heavy atom. The molecule has 1 aliphatic heterocycles. The second-order valence-electron chi connectivity index (χ2n) is 14.8. The van der Waals surface area contributed by atoms with Gasteiger partial charge in [0.1, 0.15) is 18.3 Å². The summed E-state index contributed by atoms with van der Waals surface area (Å²) in [5.74, 6) is -3.38. The Morgan fingerprint density at radius 1 is 1.02 bits per heavy atom. The van der Waals surface area contributed by atoms with E-state index in [1.54, 1.807) is 13.8 Å². The molecular formula is C30H44K2O16S2. The summed E-state index contributed by atoms with van der Waals surface area (Å²) in [7, 11) is -11.3. The molecule has 4 aliphatic carbocycles. The van der Waals surface area contributed by atoms with Crippen molar-refractivity contribution >= 4 is 32.7 Å². The van der Waals surface area contributed by atoms with Crippen LogP contribution in [0.3, 0.4) is 0 Å². The van der Waals surface area contributed by atoms with Gasteiger partial charge in [0.15, 0.2) is 12.4 Å². The molecule has 5 fully saturated rings. The zero-order valence-corrected chi connectivity index (χ0v) is 36.8. The van der Waals surface area contributed by atoms with E-state index in [-0.39, 0.29) is 146 Å². The number of rotatable bonds is 11. The fourth-order valence-electron chi connectivity index (χ4n) is 9.81. The van der Waals surface area contributed by atoms with Crippen LogP contribution in [0.2, 0.25) is 0 Å². The first-order valence-electron chi connectivity index (χ1n) is 16.2. The smallest absolute Gasteiger partial charge is 0.726 e. The van der Waals surface area contributed by atoms with Crippen molar-refractivity contribution in [2.45, 2.75) is 115 Å². The standard InChI is InChI=1S/C30H46O16S2.2K/c1-14(2)9-22(32)44-25-24(46-48(39,40)41)23(45-47(36,37)38)20(13-31)43-28(25)42-17-10-18(27(34)35)19-7-8-30-11-16(15(3)26(30)33)5-6-21(30)29(19,4)12-17;;/h14,16-21,23-26,28,31,33H,3,5-13H2,1-2,4H3,(H,34,35)(H,36,37,38)(H,39,40,41);;/q;2*+1/p-2/t16-,17-,18-,19-,20-,21+,23-,24+,25-,26+,28-,29-,30-;;/m1../s1. The topological polar surface area (TPSA) is 255 Å². The summed E-state index contributed by atoms with van der Waals surface area (Å²) in [6.45, 7) is 8.41. The van der Waals surface area contributed by atoms with E-state index in [9.17, 15) is 50.8 Å². The minimum atomic E-state index is -5.69. The van der Waals surface area contributed by atoms with Crippen LogP contribution in [0.5, 0.6) is 0 Å². The van der Waals surface area contributed by atoms with Crippen LogP contribution < -0.4 is 103 Å². The number of carboxylic acid groups (broad SMARTS) is 1. The van der Waals surface area contributed by atoms with E-state index in [0.717, 1.165) is 24.8 Å². The van der Waals surface area contributed by atoms with E-state index < -0.39 is 99.0 Å². The summed E-state index contributed by atoms with van der Waals surface area (Å²) < 4.78 is 96.9. The van der Waals surface area contributed by atoms with Gasteiger partial charge in [0, 0.05) is 11.8 Å². The van der Waals surface area contributed by atoms with E-state index in [2.05, 4.69) is 14.9 Å². The molecule has 16 nitrogen and oxygen atoms in total. The SMILES string of the molecule is C=C1[C@@H]2CC[C@H]3[C@]4(C)C[C@H](O[C@@H]5O[C@H](CO)[C@@H](OS(=O)(=O)[O-])[C@H](OS(=O)(=O)[O-])[C@H]5OC(=O)CC(C)C)C[C@@H](C(=O)O)[C@H]4CC[C@]3(C2)[C@H]1O.[K+].[K+]. The average Bonchev–Trinajstić information content (AvgIpc) is 3.12. The summed E-state index contributed by atoms with van der Waals surface area (Å²) >= 11 is 0. The molecule has 1 spiro atoms. The molecule has 0 radical (unpaired) electrons. The first-order chi connectivity index (χ1) is 22.2. The maximum Gasteiger partial charge on any atom is 1.00 e. The van der Waals surface area contributed by atoms with E-state index in [0.29, 0.717) is 12.8 Å². The molecule has 0 aromatic rings. The molecule has 0 aromatic heterocycles. The fraction of sp³-hybridized carbons (Fsp3) is 0.867.